The van der Waals surface area contributed by atoms with Crippen molar-refractivity contribution in [1.82, 2.24) is 4.90 Å². The maximum absolute atomic E-state index is 11.1. The van der Waals surface area contributed by atoms with Gasteiger partial charge in [0.2, 0.25) is 0 Å². The van der Waals surface area contributed by atoms with Gasteiger partial charge in [0.25, 0.3) is 8.32 Å². The van der Waals surface area contributed by atoms with Gasteiger partial charge in [0.05, 0.1) is 0 Å². The predicted octanol–water partition coefficient (Wildman–Crippen LogP) is 2.33. The number of nitrogens with zero attached hydrogens (tertiary/aromatic N) is 1. The summed E-state index contributed by atoms with van der Waals surface area (Å²) in [5.74, 6) is -0.740. The molecule has 5 heteroatoms. The number of aliphatic carboxylic acids is 1. The van der Waals surface area contributed by atoms with Crippen LogP contribution in [-0.4, -0.2) is 50.0 Å². The molecule has 4 nitrogen and oxygen atoms in total. The number of carbonyl (C=O) groups is 1. The maximum atomic E-state index is 11.1. The summed E-state index contributed by atoms with van der Waals surface area (Å²) in [5.41, 5.74) is 0. The van der Waals surface area contributed by atoms with Gasteiger partial charge in [0, 0.05) is 19.7 Å². The lowest BCUT2D eigenvalue weighted by Gasteiger charge is -2.43. The predicted molar refractivity (Wildman–Crippen MR) is 107 cm³/mol. The summed E-state index contributed by atoms with van der Waals surface area (Å²) < 4.78 is 6.75. The molecule has 2 atom stereocenters. The maximum Gasteiger partial charge on any atom is 0.322 e. The molecule has 138 valence electrons. The monoisotopic (exact) mass is 369 g/mol. The van der Waals surface area contributed by atoms with Crippen molar-refractivity contribution in [1.29, 1.82) is 0 Å². The highest BCUT2D eigenvalue weighted by atomic mass is 28.4. The van der Waals surface area contributed by atoms with E-state index in [2.05, 4.69) is 69.3 Å². The average Bonchev–Trinajstić information content (AvgIpc) is 3.39. The molecule has 1 unspecified atom stereocenters. The normalized spacial score (nSPS) is 20.0. The van der Waals surface area contributed by atoms with Crippen LogP contribution in [0.4, 0.5) is 0 Å². The van der Waals surface area contributed by atoms with Crippen molar-refractivity contribution in [3.63, 3.8) is 0 Å². The average molecular weight is 370 g/mol. The molecule has 26 heavy (non-hydrogen) atoms. The van der Waals surface area contributed by atoms with Crippen LogP contribution in [0.3, 0.4) is 0 Å². The summed E-state index contributed by atoms with van der Waals surface area (Å²) in [6.07, 6.45) is 0. The van der Waals surface area contributed by atoms with Gasteiger partial charge in [-0.05, 0) is 15.4 Å². The van der Waals surface area contributed by atoms with Crippen molar-refractivity contribution in [2.45, 2.75) is 31.9 Å². The van der Waals surface area contributed by atoms with Crippen LogP contribution in [0.5, 0.6) is 0 Å². The van der Waals surface area contributed by atoms with Crippen molar-refractivity contribution in [3.8, 4) is 0 Å². The first kappa shape index (κ1) is 18.8. The van der Waals surface area contributed by atoms with Gasteiger partial charge < -0.3 is 9.53 Å². The van der Waals surface area contributed by atoms with Crippen LogP contribution < -0.4 is 10.4 Å². The fraction of sp³-hybridized carbons (Fsp3) is 0.381. The Kier molecular flexibility index (Phi) is 5.32. The Bertz CT molecular complexity index is 703. The summed E-state index contributed by atoms with van der Waals surface area (Å²) in [7, 11) is -2.51. The van der Waals surface area contributed by atoms with E-state index >= 15 is 0 Å². The van der Waals surface area contributed by atoms with E-state index in [0.29, 0.717) is 19.7 Å². The minimum Gasteiger partial charge on any atom is -0.480 e. The molecule has 1 saturated heterocycles. The van der Waals surface area contributed by atoms with E-state index in [1.54, 1.807) is 0 Å². The van der Waals surface area contributed by atoms with Crippen LogP contribution in [-0.2, 0) is 9.22 Å². The molecule has 0 spiro atoms. The Hall–Kier alpha value is -1.95. The van der Waals surface area contributed by atoms with Gasteiger partial charge in [-0.15, -0.1) is 0 Å². The van der Waals surface area contributed by atoms with Crippen LogP contribution in [0.15, 0.2) is 60.7 Å². The van der Waals surface area contributed by atoms with Crippen LogP contribution in [0, 0.1) is 0 Å². The molecule has 3 rings (SSSR count). The van der Waals surface area contributed by atoms with E-state index in [4.69, 9.17) is 9.53 Å². The smallest absolute Gasteiger partial charge is 0.322 e. The number of hydrogen-bond donors (Lipinski definition) is 1. The quantitative estimate of drug-likeness (QED) is 0.601. The second-order valence-electron chi connectivity index (χ2n) is 7.86. The first-order valence-corrected chi connectivity index (χ1v) is 11.0. The summed E-state index contributed by atoms with van der Waals surface area (Å²) >= 11 is 0. The molecule has 1 aliphatic heterocycles. The van der Waals surface area contributed by atoms with Gasteiger partial charge in [0.15, 0.2) is 0 Å². The molecule has 0 bridgehead atoms. The van der Waals surface area contributed by atoms with Crippen molar-refractivity contribution in [2.75, 3.05) is 19.7 Å². The summed E-state index contributed by atoms with van der Waals surface area (Å²) in [5, 5.41) is 11.5. The fourth-order valence-electron chi connectivity index (χ4n) is 3.73. The third kappa shape index (κ3) is 3.61. The molecule has 0 radical (unpaired) electrons. The van der Waals surface area contributed by atoms with E-state index in [-0.39, 0.29) is 11.1 Å². The van der Waals surface area contributed by atoms with Gasteiger partial charge in [0.1, 0.15) is 6.04 Å². The van der Waals surface area contributed by atoms with E-state index in [9.17, 15) is 4.79 Å². The fourth-order valence-corrected chi connectivity index (χ4v) is 8.29. The Labute approximate surface area is 156 Å². The first-order valence-electron chi connectivity index (χ1n) is 9.08. The van der Waals surface area contributed by atoms with Gasteiger partial charge in [-0.3, -0.25) is 9.69 Å². The van der Waals surface area contributed by atoms with E-state index in [1.807, 2.05) is 17.0 Å². The molecular weight excluding hydrogens is 342 g/mol. The van der Waals surface area contributed by atoms with Crippen molar-refractivity contribution in [2.24, 2.45) is 0 Å². The van der Waals surface area contributed by atoms with Gasteiger partial charge in [-0.25, -0.2) is 0 Å². The zero-order valence-electron chi connectivity index (χ0n) is 15.7. The van der Waals surface area contributed by atoms with Gasteiger partial charge in [-0.1, -0.05) is 81.4 Å². The minimum absolute atomic E-state index is 0.0548. The molecule has 0 aromatic heterocycles. The van der Waals surface area contributed by atoms with Crippen LogP contribution in [0.2, 0.25) is 5.04 Å². The number of hydrogen-bond acceptors (Lipinski definition) is 3. The van der Waals surface area contributed by atoms with Crippen molar-refractivity contribution >= 4 is 24.7 Å². The Morgan fingerprint density at radius 3 is 1.96 bits per heavy atom. The highest BCUT2D eigenvalue weighted by molar-refractivity contribution is 6.99. The summed E-state index contributed by atoms with van der Waals surface area (Å²) in [6.45, 7) is 8.56. The SMILES string of the molecule is CC(C)(C)[Si](OCCN1C[C@H]1C(=O)O)(c1ccccc1)c1ccccc1. The number of rotatable bonds is 7. The number of carboxylic acid groups (broad SMARTS) is 1. The molecule has 1 aliphatic rings. The largest absolute Gasteiger partial charge is 0.480 e. The zero-order valence-corrected chi connectivity index (χ0v) is 16.7. The highest BCUT2D eigenvalue weighted by Crippen LogP contribution is 2.36. The molecule has 2 aromatic carbocycles. The lowest BCUT2D eigenvalue weighted by Crippen LogP contribution is -2.66. The Morgan fingerprint density at radius 1 is 1.08 bits per heavy atom. The summed E-state index contributed by atoms with van der Waals surface area (Å²) in [4.78, 5) is 13.0. The Balaban J connectivity index is 1.92. The topological polar surface area (TPSA) is 49.5 Å². The van der Waals surface area contributed by atoms with E-state index in [0.717, 1.165) is 0 Å². The molecule has 1 N–H and O–H groups in total. The Morgan fingerprint density at radius 2 is 1.58 bits per heavy atom. The number of benzene rings is 2. The standard InChI is InChI=1S/C21H27NO3Si/c1-21(2,3)26(17-10-6-4-7-11-17,18-12-8-5-9-13-18)25-15-14-22-16-19(22)20(23)24/h4-13,19H,14-16H2,1-3H3,(H,23,24)/t19-,22?/m0/s1. The minimum atomic E-state index is -2.51. The molecular formula is C21H27NO3Si. The zero-order chi connectivity index (χ0) is 18.8. The number of carboxylic acids is 1. The van der Waals surface area contributed by atoms with Gasteiger partial charge >= 0.3 is 5.97 Å². The second-order valence-corrected chi connectivity index (χ2v) is 12.2. The van der Waals surface area contributed by atoms with E-state index < -0.39 is 14.3 Å². The molecule has 2 aromatic rings. The lowest BCUT2D eigenvalue weighted by atomic mass is 10.2. The van der Waals surface area contributed by atoms with Crippen molar-refractivity contribution in [3.05, 3.63) is 60.7 Å². The van der Waals surface area contributed by atoms with Crippen LogP contribution >= 0.6 is 0 Å². The summed E-state index contributed by atoms with van der Waals surface area (Å²) in [6, 6.07) is 20.7. The molecule has 1 fully saturated rings. The highest BCUT2D eigenvalue weighted by Gasteiger charge is 2.50. The van der Waals surface area contributed by atoms with Gasteiger partial charge in [-0.2, -0.15) is 0 Å². The second kappa shape index (κ2) is 7.35. The molecule has 0 amide bonds. The molecule has 0 saturated carbocycles. The third-order valence-electron chi connectivity index (χ3n) is 5.11. The van der Waals surface area contributed by atoms with E-state index in [1.165, 1.54) is 10.4 Å². The molecule has 0 aliphatic carbocycles. The van der Waals surface area contributed by atoms with Crippen LogP contribution in [0.1, 0.15) is 20.8 Å². The lowest BCUT2D eigenvalue weighted by molar-refractivity contribution is -0.137. The first-order chi connectivity index (χ1) is 12.4. The van der Waals surface area contributed by atoms with Crippen LogP contribution in [0.25, 0.3) is 0 Å². The van der Waals surface area contributed by atoms with Crippen molar-refractivity contribution < 1.29 is 14.3 Å². The molecule has 1 heterocycles. The third-order valence-corrected chi connectivity index (χ3v) is 10.2.